The number of nitrogens with one attached hydrogen (secondary N) is 1. The molecule has 1 N–H and O–H groups in total. The van der Waals surface area contributed by atoms with Gasteiger partial charge in [-0.05, 0) is 5.92 Å². The molecule has 0 saturated heterocycles. The molecule has 1 aromatic rings. The Morgan fingerprint density at radius 2 is 2.00 bits per heavy atom. The monoisotopic (exact) mass is 257 g/mol. The van der Waals surface area contributed by atoms with Gasteiger partial charge in [0.15, 0.2) is 0 Å². The van der Waals surface area contributed by atoms with E-state index in [-0.39, 0.29) is 11.5 Å². The number of hydrogen-bond donors (Lipinski definition) is 1. The largest absolute Gasteiger partial charge is 0.383 e. The van der Waals surface area contributed by atoms with Gasteiger partial charge in [0.2, 0.25) is 5.13 Å². The Balaban J connectivity index is 2.70. The quantitative estimate of drug-likeness (QED) is 0.881. The molecule has 0 amide bonds. The van der Waals surface area contributed by atoms with E-state index in [1.165, 1.54) is 11.5 Å². The maximum atomic E-state index is 5.21. The van der Waals surface area contributed by atoms with Crippen molar-refractivity contribution in [2.75, 3.05) is 19.0 Å². The summed E-state index contributed by atoms with van der Waals surface area (Å²) in [6, 6.07) is 0.278. The smallest absolute Gasteiger partial charge is 0.202 e. The van der Waals surface area contributed by atoms with Crippen molar-refractivity contribution in [2.45, 2.75) is 46.1 Å². The van der Waals surface area contributed by atoms with Gasteiger partial charge in [-0.15, -0.1) is 0 Å². The van der Waals surface area contributed by atoms with E-state index in [1.807, 2.05) is 0 Å². The second-order valence-corrected chi connectivity index (χ2v) is 6.38. The Kier molecular flexibility index (Phi) is 4.89. The zero-order valence-electron chi connectivity index (χ0n) is 11.6. The van der Waals surface area contributed by atoms with Crippen LogP contribution in [0.3, 0.4) is 0 Å². The number of ether oxygens (including phenoxy) is 1. The van der Waals surface area contributed by atoms with Gasteiger partial charge >= 0.3 is 0 Å². The molecule has 1 heterocycles. The Labute approximate surface area is 108 Å². The van der Waals surface area contributed by atoms with Gasteiger partial charge in [-0.3, -0.25) is 0 Å². The van der Waals surface area contributed by atoms with Crippen molar-refractivity contribution < 1.29 is 4.74 Å². The highest BCUT2D eigenvalue weighted by Gasteiger charge is 2.21. The third-order valence-electron chi connectivity index (χ3n) is 2.56. The maximum absolute atomic E-state index is 5.21. The van der Waals surface area contributed by atoms with Crippen LogP contribution in [0, 0.1) is 5.92 Å². The fourth-order valence-corrected chi connectivity index (χ4v) is 2.14. The second-order valence-electron chi connectivity index (χ2n) is 5.62. The number of hydrogen-bond acceptors (Lipinski definition) is 5. The summed E-state index contributed by atoms with van der Waals surface area (Å²) < 4.78 is 9.59. The fraction of sp³-hybridized carbons (Fsp3) is 0.833. The Bertz CT molecular complexity index is 344. The number of aromatic nitrogens is 2. The highest BCUT2D eigenvalue weighted by Crippen LogP contribution is 2.24. The molecule has 1 rings (SSSR count). The molecule has 1 aromatic heterocycles. The third-order valence-corrected chi connectivity index (χ3v) is 3.20. The summed E-state index contributed by atoms with van der Waals surface area (Å²) in [6.07, 6.45) is 0. The van der Waals surface area contributed by atoms with Crippen molar-refractivity contribution in [1.82, 2.24) is 9.36 Å². The summed E-state index contributed by atoms with van der Waals surface area (Å²) in [6.45, 7) is 11.4. The summed E-state index contributed by atoms with van der Waals surface area (Å²) in [5, 5.41) is 4.27. The minimum absolute atomic E-state index is 0.00497. The molecule has 0 bridgehead atoms. The van der Waals surface area contributed by atoms with E-state index < -0.39 is 0 Å². The number of rotatable bonds is 5. The molecule has 0 spiro atoms. The van der Waals surface area contributed by atoms with Crippen LogP contribution in [0.15, 0.2) is 0 Å². The molecular weight excluding hydrogens is 234 g/mol. The first-order chi connectivity index (χ1) is 7.84. The van der Waals surface area contributed by atoms with Crippen LogP contribution in [0.5, 0.6) is 0 Å². The topological polar surface area (TPSA) is 47.0 Å². The lowest BCUT2D eigenvalue weighted by Gasteiger charge is -2.20. The molecule has 0 aliphatic rings. The lowest BCUT2D eigenvalue weighted by Crippen LogP contribution is -2.30. The predicted octanol–water partition coefficient (Wildman–Crippen LogP) is 2.92. The summed E-state index contributed by atoms with van der Waals surface area (Å²) in [5.41, 5.74) is 0.00497. The number of methoxy groups -OCH3 is 1. The highest BCUT2D eigenvalue weighted by atomic mass is 32.1. The van der Waals surface area contributed by atoms with Crippen molar-refractivity contribution >= 4 is 16.7 Å². The molecule has 98 valence electrons. The molecule has 17 heavy (non-hydrogen) atoms. The van der Waals surface area contributed by atoms with Crippen molar-refractivity contribution in [3.8, 4) is 0 Å². The van der Waals surface area contributed by atoms with E-state index in [1.54, 1.807) is 7.11 Å². The van der Waals surface area contributed by atoms with E-state index in [2.05, 4.69) is 49.3 Å². The van der Waals surface area contributed by atoms with Crippen LogP contribution in [0.2, 0.25) is 0 Å². The van der Waals surface area contributed by atoms with Crippen LogP contribution in [0.4, 0.5) is 5.13 Å². The minimum atomic E-state index is 0.00497. The standard InChI is InChI=1S/C12H23N3OS/c1-8(2)9(7-16-6)13-11-14-10(15-17-11)12(3,4)5/h8-9H,7H2,1-6H3,(H,13,14,15). The van der Waals surface area contributed by atoms with Gasteiger partial charge in [0.05, 0.1) is 12.6 Å². The molecule has 1 unspecified atom stereocenters. The zero-order valence-corrected chi connectivity index (χ0v) is 12.4. The lowest BCUT2D eigenvalue weighted by molar-refractivity contribution is 0.171. The normalized spacial score (nSPS) is 14.1. The van der Waals surface area contributed by atoms with Crippen LogP contribution in [0.25, 0.3) is 0 Å². The molecule has 0 radical (unpaired) electrons. The van der Waals surface area contributed by atoms with E-state index >= 15 is 0 Å². The maximum Gasteiger partial charge on any atom is 0.202 e. The van der Waals surface area contributed by atoms with E-state index in [4.69, 9.17) is 4.74 Å². The Hall–Kier alpha value is -0.680. The Morgan fingerprint density at radius 1 is 1.35 bits per heavy atom. The molecule has 0 aliphatic carbocycles. The van der Waals surface area contributed by atoms with Gasteiger partial charge in [-0.1, -0.05) is 34.6 Å². The van der Waals surface area contributed by atoms with Crippen molar-refractivity contribution in [3.63, 3.8) is 0 Å². The van der Waals surface area contributed by atoms with Gasteiger partial charge in [0.1, 0.15) is 5.82 Å². The molecule has 0 fully saturated rings. The summed E-state index contributed by atoms with van der Waals surface area (Å²) in [5.74, 6) is 1.39. The SMILES string of the molecule is COCC(Nc1nc(C(C)(C)C)ns1)C(C)C. The first-order valence-corrected chi connectivity index (χ1v) is 6.71. The zero-order chi connectivity index (χ0) is 13.1. The molecule has 0 saturated carbocycles. The van der Waals surface area contributed by atoms with E-state index in [9.17, 15) is 0 Å². The molecule has 5 heteroatoms. The molecule has 0 aliphatic heterocycles. The average Bonchev–Trinajstić information content (AvgIpc) is 2.64. The fourth-order valence-electron chi connectivity index (χ4n) is 1.33. The predicted molar refractivity (Wildman–Crippen MR) is 72.7 cm³/mol. The molecule has 4 nitrogen and oxygen atoms in total. The van der Waals surface area contributed by atoms with Crippen LogP contribution in [0.1, 0.15) is 40.4 Å². The molecule has 0 aromatic carbocycles. The van der Waals surface area contributed by atoms with Crippen LogP contribution in [-0.4, -0.2) is 29.1 Å². The van der Waals surface area contributed by atoms with Crippen LogP contribution in [-0.2, 0) is 10.2 Å². The number of anilines is 1. The van der Waals surface area contributed by atoms with Gasteiger partial charge in [-0.25, -0.2) is 4.98 Å². The molecular formula is C12H23N3OS. The van der Waals surface area contributed by atoms with E-state index in [0.29, 0.717) is 12.5 Å². The molecule has 1 atom stereocenters. The summed E-state index contributed by atoms with van der Waals surface area (Å²) in [7, 11) is 1.72. The van der Waals surface area contributed by atoms with Gasteiger partial charge < -0.3 is 10.1 Å². The van der Waals surface area contributed by atoms with Crippen molar-refractivity contribution in [3.05, 3.63) is 5.82 Å². The third kappa shape index (κ3) is 4.24. The average molecular weight is 257 g/mol. The first-order valence-electron chi connectivity index (χ1n) is 5.94. The van der Waals surface area contributed by atoms with Gasteiger partial charge in [0, 0.05) is 24.1 Å². The Morgan fingerprint density at radius 3 is 2.41 bits per heavy atom. The van der Waals surface area contributed by atoms with Gasteiger partial charge in [-0.2, -0.15) is 4.37 Å². The van der Waals surface area contributed by atoms with Gasteiger partial charge in [0.25, 0.3) is 0 Å². The summed E-state index contributed by atoms with van der Waals surface area (Å²) >= 11 is 1.42. The van der Waals surface area contributed by atoms with Crippen LogP contribution < -0.4 is 5.32 Å². The second kappa shape index (κ2) is 5.78. The van der Waals surface area contributed by atoms with Crippen molar-refractivity contribution in [2.24, 2.45) is 5.92 Å². The minimum Gasteiger partial charge on any atom is -0.383 e. The lowest BCUT2D eigenvalue weighted by atomic mass is 9.96. The first kappa shape index (κ1) is 14.4. The van der Waals surface area contributed by atoms with Crippen molar-refractivity contribution in [1.29, 1.82) is 0 Å². The summed E-state index contributed by atoms with van der Waals surface area (Å²) in [4.78, 5) is 4.53. The van der Waals surface area contributed by atoms with Crippen LogP contribution >= 0.6 is 11.5 Å². The van der Waals surface area contributed by atoms with E-state index in [0.717, 1.165) is 11.0 Å². The number of nitrogens with zero attached hydrogens (tertiary/aromatic N) is 2. The highest BCUT2D eigenvalue weighted by molar-refractivity contribution is 7.09.